The molecule has 138 valence electrons. The van der Waals surface area contributed by atoms with E-state index in [0.717, 1.165) is 0 Å². The fourth-order valence-electron chi connectivity index (χ4n) is 3.13. The summed E-state index contributed by atoms with van der Waals surface area (Å²) in [6, 6.07) is 11.9. The van der Waals surface area contributed by atoms with Gasteiger partial charge in [-0.05, 0) is 55.3 Å². The third-order valence-corrected chi connectivity index (χ3v) is 6.91. The molecule has 1 aliphatic heterocycles. The zero-order valence-corrected chi connectivity index (χ0v) is 15.2. The Kier molecular flexibility index (Phi) is 5.27. The first-order valence-electron chi connectivity index (χ1n) is 8.34. The van der Waals surface area contributed by atoms with Crippen LogP contribution in [0.2, 0.25) is 0 Å². The van der Waals surface area contributed by atoms with Crippen LogP contribution < -0.4 is 4.74 Å². The molecule has 0 spiro atoms. The number of rotatable bonds is 4. The molecular formula is C19H20FNO4S. The smallest absolute Gasteiger partial charge is 0.253 e. The largest absolute Gasteiger partial charge is 0.497 e. The highest BCUT2D eigenvalue weighted by atomic mass is 32.2. The second-order valence-electron chi connectivity index (χ2n) is 6.22. The van der Waals surface area contributed by atoms with E-state index in [2.05, 4.69) is 0 Å². The fraction of sp³-hybridized carbons (Fsp3) is 0.316. The first-order chi connectivity index (χ1) is 12.4. The number of methoxy groups -OCH3 is 1. The summed E-state index contributed by atoms with van der Waals surface area (Å²) in [5, 5.41) is -0.535. The monoisotopic (exact) mass is 377 g/mol. The van der Waals surface area contributed by atoms with Crippen molar-refractivity contribution in [1.29, 1.82) is 0 Å². The zero-order chi connectivity index (χ0) is 18.7. The first kappa shape index (κ1) is 18.4. The molecule has 1 saturated heterocycles. The van der Waals surface area contributed by atoms with E-state index in [0.29, 0.717) is 31.7 Å². The molecule has 2 aromatic carbocycles. The summed E-state index contributed by atoms with van der Waals surface area (Å²) in [7, 11) is -1.94. The van der Waals surface area contributed by atoms with Crippen LogP contribution in [0.25, 0.3) is 0 Å². The Hall–Kier alpha value is -2.41. The standard InChI is InChI=1S/C19H20FNO4S/c1-25-16-5-7-17(8-6-16)26(23,24)18-9-11-21(12-10-18)19(22)14-3-2-4-15(20)13-14/h2-8,13,18H,9-12H2,1H3. The molecule has 26 heavy (non-hydrogen) atoms. The molecule has 5 nitrogen and oxygen atoms in total. The van der Waals surface area contributed by atoms with E-state index in [9.17, 15) is 17.6 Å². The summed E-state index contributed by atoms with van der Waals surface area (Å²) in [5.74, 6) is -0.142. The van der Waals surface area contributed by atoms with Gasteiger partial charge in [0.15, 0.2) is 9.84 Å². The molecule has 1 heterocycles. The maximum Gasteiger partial charge on any atom is 0.253 e. The molecule has 3 rings (SSSR count). The van der Waals surface area contributed by atoms with Crippen molar-refractivity contribution in [1.82, 2.24) is 4.90 Å². The molecule has 0 unspecified atom stereocenters. The van der Waals surface area contributed by atoms with Crippen LogP contribution >= 0.6 is 0 Å². The van der Waals surface area contributed by atoms with Crippen LogP contribution in [0.3, 0.4) is 0 Å². The van der Waals surface area contributed by atoms with Crippen molar-refractivity contribution in [3.05, 3.63) is 59.9 Å². The van der Waals surface area contributed by atoms with Gasteiger partial charge in [-0.15, -0.1) is 0 Å². The molecule has 2 aromatic rings. The van der Waals surface area contributed by atoms with Crippen molar-refractivity contribution in [3.8, 4) is 5.75 Å². The van der Waals surface area contributed by atoms with Crippen molar-refractivity contribution in [3.63, 3.8) is 0 Å². The maximum absolute atomic E-state index is 13.3. The molecule has 0 saturated carbocycles. The molecule has 0 aromatic heterocycles. The predicted molar refractivity (Wildman–Crippen MR) is 95.5 cm³/mol. The van der Waals surface area contributed by atoms with Gasteiger partial charge in [0.25, 0.3) is 5.91 Å². The number of benzene rings is 2. The van der Waals surface area contributed by atoms with E-state index in [4.69, 9.17) is 4.74 Å². The lowest BCUT2D eigenvalue weighted by atomic mass is 10.1. The second-order valence-corrected chi connectivity index (χ2v) is 8.45. The van der Waals surface area contributed by atoms with Gasteiger partial charge in [0.05, 0.1) is 17.3 Å². The molecule has 0 N–H and O–H groups in total. The van der Waals surface area contributed by atoms with Gasteiger partial charge in [-0.1, -0.05) is 6.07 Å². The van der Waals surface area contributed by atoms with Crippen LogP contribution in [0.4, 0.5) is 4.39 Å². The van der Waals surface area contributed by atoms with Crippen LogP contribution in [0.1, 0.15) is 23.2 Å². The predicted octanol–water partition coefficient (Wildman–Crippen LogP) is 2.91. The SMILES string of the molecule is COc1ccc(S(=O)(=O)C2CCN(C(=O)c3cccc(F)c3)CC2)cc1. The summed E-state index contributed by atoms with van der Waals surface area (Å²) in [6.07, 6.45) is 0.713. The first-order valence-corrected chi connectivity index (χ1v) is 9.89. The van der Waals surface area contributed by atoms with Crippen LogP contribution in [-0.2, 0) is 9.84 Å². The van der Waals surface area contributed by atoms with E-state index >= 15 is 0 Å². The molecule has 0 bridgehead atoms. The number of sulfone groups is 1. The Morgan fingerprint density at radius 2 is 1.77 bits per heavy atom. The van der Waals surface area contributed by atoms with Crippen LogP contribution in [0.5, 0.6) is 5.75 Å². The number of carbonyl (C=O) groups is 1. The number of hydrogen-bond acceptors (Lipinski definition) is 4. The Morgan fingerprint density at radius 3 is 2.35 bits per heavy atom. The number of halogens is 1. The highest BCUT2D eigenvalue weighted by Crippen LogP contribution is 2.26. The highest BCUT2D eigenvalue weighted by Gasteiger charge is 2.33. The summed E-state index contributed by atoms with van der Waals surface area (Å²) in [4.78, 5) is 14.3. The topological polar surface area (TPSA) is 63.7 Å². The Labute approximate surface area is 152 Å². The summed E-state index contributed by atoms with van der Waals surface area (Å²) < 4.78 is 43.9. The number of carbonyl (C=O) groups excluding carboxylic acids is 1. The average Bonchev–Trinajstić information content (AvgIpc) is 2.67. The van der Waals surface area contributed by atoms with Crippen molar-refractivity contribution >= 4 is 15.7 Å². The van der Waals surface area contributed by atoms with E-state index in [1.165, 1.54) is 25.3 Å². The summed E-state index contributed by atoms with van der Waals surface area (Å²) in [5.41, 5.74) is 0.279. The van der Waals surface area contributed by atoms with Crippen molar-refractivity contribution < 1.29 is 22.3 Å². The molecule has 0 atom stereocenters. The van der Waals surface area contributed by atoms with Gasteiger partial charge in [0, 0.05) is 18.7 Å². The van der Waals surface area contributed by atoms with Crippen LogP contribution in [0, 0.1) is 5.82 Å². The third kappa shape index (κ3) is 3.72. The van der Waals surface area contributed by atoms with Gasteiger partial charge in [0.1, 0.15) is 11.6 Å². The Morgan fingerprint density at radius 1 is 1.12 bits per heavy atom. The van der Waals surface area contributed by atoms with Gasteiger partial charge >= 0.3 is 0 Å². The normalized spacial score (nSPS) is 15.7. The molecule has 0 radical (unpaired) electrons. The van der Waals surface area contributed by atoms with Crippen molar-refractivity contribution in [2.75, 3.05) is 20.2 Å². The van der Waals surface area contributed by atoms with Crippen LogP contribution in [-0.4, -0.2) is 44.7 Å². The highest BCUT2D eigenvalue weighted by molar-refractivity contribution is 7.92. The van der Waals surface area contributed by atoms with Gasteiger partial charge in [-0.3, -0.25) is 4.79 Å². The molecule has 1 aliphatic rings. The quantitative estimate of drug-likeness (QED) is 0.822. The van der Waals surface area contributed by atoms with E-state index in [-0.39, 0.29) is 16.4 Å². The van der Waals surface area contributed by atoms with Gasteiger partial charge in [-0.2, -0.15) is 0 Å². The van der Waals surface area contributed by atoms with Gasteiger partial charge in [0.2, 0.25) is 0 Å². The lowest BCUT2D eigenvalue weighted by Crippen LogP contribution is -2.42. The second kappa shape index (κ2) is 7.45. The average molecular weight is 377 g/mol. The number of amides is 1. The van der Waals surface area contributed by atoms with Crippen LogP contribution in [0.15, 0.2) is 53.4 Å². The molecule has 1 amide bonds. The summed E-state index contributed by atoms with van der Waals surface area (Å²) >= 11 is 0. The molecule has 0 aliphatic carbocycles. The third-order valence-electron chi connectivity index (χ3n) is 4.63. The molecular weight excluding hydrogens is 357 g/mol. The number of piperidine rings is 1. The summed E-state index contributed by atoms with van der Waals surface area (Å²) in [6.45, 7) is 0.658. The molecule has 1 fully saturated rings. The van der Waals surface area contributed by atoms with Gasteiger partial charge in [-0.25, -0.2) is 12.8 Å². The Bertz CT molecular complexity index is 888. The number of likely N-dealkylation sites (tertiary alicyclic amines) is 1. The van der Waals surface area contributed by atoms with Crippen molar-refractivity contribution in [2.45, 2.75) is 23.0 Å². The number of hydrogen-bond donors (Lipinski definition) is 0. The number of ether oxygens (including phenoxy) is 1. The number of nitrogens with zero attached hydrogens (tertiary/aromatic N) is 1. The maximum atomic E-state index is 13.3. The van der Waals surface area contributed by atoms with E-state index in [1.807, 2.05) is 0 Å². The lowest BCUT2D eigenvalue weighted by molar-refractivity contribution is 0.0725. The zero-order valence-electron chi connectivity index (χ0n) is 14.4. The van der Waals surface area contributed by atoms with E-state index in [1.54, 1.807) is 35.2 Å². The van der Waals surface area contributed by atoms with Crippen molar-refractivity contribution in [2.24, 2.45) is 0 Å². The minimum absolute atomic E-state index is 0.258. The lowest BCUT2D eigenvalue weighted by Gasteiger charge is -2.31. The fourth-order valence-corrected chi connectivity index (χ4v) is 4.86. The van der Waals surface area contributed by atoms with E-state index < -0.39 is 20.9 Å². The van der Waals surface area contributed by atoms with Gasteiger partial charge < -0.3 is 9.64 Å². The Balaban J connectivity index is 1.68. The minimum Gasteiger partial charge on any atom is -0.497 e. The molecule has 7 heteroatoms. The minimum atomic E-state index is -3.46.